The molecule has 1 aromatic carbocycles. The van der Waals surface area contributed by atoms with Crippen LogP contribution in [0, 0.1) is 13.8 Å². The smallest absolute Gasteiger partial charge is 0.244 e. The molecule has 0 aliphatic carbocycles. The number of anilines is 1. The van der Waals surface area contributed by atoms with Crippen molar-refractivity contribution in [3.63, 3.8) is 0 Å². The molecule has 4 rings (SSSR count). The Morgan fingerprint density at radius 1 is 1.23 bits per heavy atom. The van der Waals surface area contributed by atoms with Gasteiger partial charge in [-0.05, 0) is 39.3 Å². The Morgan fingerprint density at radius 2 is 2.00 bits per heavy atom. The number of aryl methyl sites for hydroxylation is 2. The van der Waals surface area contributed by atoms with Crippen LogP contribution < -0.4 is 10.1 Å². The molecule has 1 aromatic heterocycles. The molecule has 2 aliphatic heterocycles. The molecule has 1 fully saturated rings. The van der Waals surface area contributed by atoms with Crippen LogP contribution in [0.15, 0.2) is 24.3 Å². The van der Waals surface area contributed by atoms with E-state index >= 15 is 0 Å². The monoisotopic (exact) mass is 424 g/mol. The molecule has 2 aromatic rings. The number of carbonyl (C=O) groups is 3. The molecular weight excluding hydrogens is 396 g/mol. The topological polar surface area (TPSA) is 93.5 Å². The third-order valence-electron chi connectivity index (χ3n) is 6.26. The first kappa shape index (κ1) is 21.1. The zero-order valence-electron chi connectivity index (χ0n) is 18.2. The highest BCUT2D eigenvalue weighted by Crippen LogP contribution is 2.39. The van der Waals surface area contributed by atoms with E-state index < -0.39 is 5.60 Å². The Kier molecular flexibility index (Phi) is 5.56. The van der Waals surface area contributed by atoms with Crippen LogP contribution in [0.5, 0.6) is 5.75 Å². The minimum absolute atomic E-state index is 0.0321. The number of rotatable bonds is 4. The van der Waals surface area contributed by atoms with Gasteiger partial charge in [0.2, 0.25) is 11.8 Å². The van der Waals surface area contributed by atoms with E-state index in [1.165, 1.54) is 0 Å². The van der Waals surface area contributed by atoms with E-state index in [0.29, 0.717) is 36.4 Å². The number of ether oxygens (including phenoxy) is 1. The Hall–Kier alpha value is -3.16. The van der Waals surface area contributed by atoms with E-state index in [9.17, 15) is 14.4 Å². The summed E-state index contributed by atoms with van der Waals surface area (Å²) in [5.74, 6) is 0.271. The number of benzene rings is 1. The van der Waals surface area contributed by atoms with Crippen LogP contribution in [0.4, 0.5) is 5.69 Å². The Balaban J connectivity index is 1.44. The number of hydrogen-bond donors (Lipinski definition) is 1. The zero-order valence-corrected chi connectivity index (χ0v) is 18.2. The molecule has 1 N–H and O–H groups in total. The number of likely N-dealkylation sites (tertiary alicyclic amines) is 1. The van der Waals surface area contributed by atoms with Crippen molar-refractivity contribution in [1.29, 1.82) is 0 Å². The summed E-state index contributed by atoms with van der Waals surface area (Å²) in [6.07, 6.45) is 1.48. The van der Waals surface area contributed by atoms with E-state index in [0.717, 1.165) is 17.9 Å². The molecule has 31 heavy (non-hydrogen) atoms. The van der Waals surface area contributed by atoms with Crippen LogP contribution in [0.2, 0.25) is 0 Å². The third-order valence-corrected chi connectivity index (χ3v) is 6.26. The van der Waals surface area contributed by atoms with Crippen molar-refractivity contribution < 1.29 is 19.1 Å². The van der Waals surface area contributed by atoms with Crippen LogP contribution in [0.1, 0.15) is 54.4 Å². The standard InChI is InChI=1S/C23H28N4O4/c1-4-27-16(3)22(15(2)25-27)24-20(29)14-26-12-11-23(10-9-21(26)30)13-18(28)17-7-5-6-8-19(17)31-23/h5-8H,4,9-14H2,1-3H3,(H,24,29). The summed E-state index contributed by atoms with van der Waals surface area (Å²) >= 11 is 0. The normalized spacial score (nSPS) is 20.9. The van der Waals surface area contributed by atoms with Gasteiger partial charge in [-0.3, -0.25) is 19.1 Å². The average Bonchev–Trinajstić information content (AvgIpc) is 2.93. The number of nitrogens with zero attached hydrogens (tertiary/aromatic N) is 3. The first-order chi connectivity index (χ1) is 14.8. The van der Waals surface area contributed by atoms with Gasteiger partial charge in [0.25, 0.3) is 0 Å². The molecular formula is C23H28N4O4. The maximum atomic E-state index is 12.7. The van der Waals surface area contributed by atoms with Gasteiger partial charge in [0.15, 0.2) is 5.78 Å². The number of para-hydroxylation sites is 1. The van der Waals surface area contributed by atoms with Gasteiger partial charge in [-0.2, -0.15) is 5.10 Å². The molecule has 1 spiro atoms. The van der Waals surface area contributed by atoms with E-state index in [2.05, 4.69) is 10.4 Å². The first-order valence-electron chi connectivity index (χ1n) is 10.7. The molecule has 8 nitrogen and oxygen atoms in total. The predicted octanol–water partition coefficient (Wildman–Crippen LogP) is 2.88. The lowest BCUT2D eigenvalue weighted by molar-refractivity contribution is -0.134. The van der Waals surface area contributed by atoms with E-state index in [4.69, 9.17) is 4.74 Å². The van der Waals surface area contributed by atoms with Crippen molar-refractivity contribution in [2.24, 2.45) is 0 Å². The van der Waals surface area contributed by atoms with E-state index in [1.54, 1.807) is 17.0 Å². The molecule has 0 radical (unpaired) electrons. The van der Waals surface area contributed by atoms with Crippen molar-refractivity contribution in [2.75, 3.05) is 18.4 Å². The quantitative estimate of drug-likeness (QED) is 0.815. The highest BCUT2D eigenvalue weighted by atomic mass is 16.5. The van der Waals surface area contributed by atoms with Crippen molar-refractivity contribution in [3.05, 3.63) is 41.2 Å². The lowest BCUT2D eigenvalue weighted by Crippen LogP contribution is -2.43. The summed E-state index contributed by atoms with van der Waals surface area (Å²) in [6.45, 7) is 6.81. The van der Waals surface area contributed by atoms with Crippen LogP contribution >= 0.6 is 0 Å². The molecule has 3 heterocycles. The van der Waals surface area contributed by atoms with Gasteiger partial charge < -0.3 is 15.0 Å². The molecule has 1 atom stereocenters. The van der Waals surface area contributed by atoms with Gasteiger partial charge in [0.05, 0.1) is 35.6 Å². The molecule has 8 heteroatoms. The van der Waals surface area contributed by atoms with Crippen molar-refractivity contribution in [1.82, 2.24) is 14.7 Å². The molecule has 1 saturated heterocycles. The van der Waals surface area contributed by atoms with Crippen LogP contribution in [0.3, 0.4) is 0 Å². The average molecular weight is 425 g/mol. The molecule has 0 bridgehead atoms. The second-order valence-electron chi connectivity index (χ2n) is 8.36. The molecule has 164 valence electrons. The van der Waals surface area contributed by atoms with E-state index in [-0.39, 0.29) is 37.0 Å². The summed E-state index contributed by atoms with van der Waals surface area (Å²) in [4.78, 5) is 39.6. The second kappa shape index (κ2) is 8.17. The predicted molar refractivity (Wildman–Crippen MR) is 115 cm³/mol. The summed E-state index contributed by atoms with van der Waals surface area (Å²) in [7, 11) is 0. The number of aromatic nitrogens is 2. The van der Waals surface area contributed by atoms with Crippen LogP contribution in [-0.4, -0.2) is 51.0 Å². The summed E-state index contributed by atoms with van der Waals surface area (Å²) in [5.41, 5.74) is 2.24. The van der Waals surface area contributed by atoms with Crippen molar-refractivity contribution >= 4 is 23.3 Å². The number of ketones is 1. The highest BCUT2D eigenvalue weighted by molar-refractivity contribution is 6.00. The lowest BCUT2D eigenvalue weighted by atomic mass is 9.84. The Morgan fingerprint density at radius 3 is 2.74 bits per heavy atom. The zero-order chi connectivity index (χ0) is 22.2. The first-order valence-corrected chi connectivity index (χ1v) is 10.7. The fraction of sp³-hybridized carbons (Fsp3) is 0.478. The van der Waals surface area contributed by atoms with Gasteiger partial charge in [0.1, 0.15) is 11.4 Å². The maximum Gasteiger partial charge on any atom is 0.244 e. The van der Waals surface area contributed by atoms with E-state index in [1.807, 2.05) is 37.6 Å². The number of nitrogens with one attached hydrogen (secondary N) is 1. The minimum atomic E-state index is -0.693. The Bertz CT molecular complexity index is 1040. The number of amides is 2. The van der Waals surface area contributed by atoms with Gasteiger partial charge in [-0.15, -0.1) is 0 Å². The summed E-state index contributed by atoms with van der Waals surface area (Å²) in [5, 5.41) is 7.33. The number of carbonyl (C=O) groups excluding carboxylic acids is 3. The van der Waals surface area contributed by atoms with Gasteiger partial charge in [-0.25, -0.2) is 0 Å². The molecule has 2 amide bonds. The molecule has 2 aliphatic rings. The fourth-order valence-electron chi connectivity index (χ4n) is 4.51. The number of fused-ring (bicyclic) bond motifs is 1. The third kappa shape index (κ3) is 4.06. The minimum Gasteiger partial charge on any atom is -0.486 e. The summed E-state index contributed by atoms with van der Waals surface area (Å²) < 4.78 is 8.08. The van der Waals surface area contributed by atoms with Crippen molar-refractivity contribution in [2.45, 2.75) is 58.6 Å². The highest BCUT2D eigenvalue weighted by Gasteiger charge is 2.43. The fourth-order valence-corrected chi connectivity index (χ4v) is 4.51. The molecule has 0 saturated carbocycles. The van der Waals surface area contributed by atoms with Crippen LogP contribution in [-0.2, 0) is 16.1 Å². The van der Waals surface area contributed by atoms with Gasteiger partial charge >= 0.3 is 0 Å². The van der Waals surface area contributed by atoms with Crippen molar-refractivity contribution in [3.8, 4) is 5.75 Å². The Labute approximate surface area is 181 Å². The van der Waals surface area contributed by atoms with Gasteiger partial charge in [0, 0.05) is 25.9 Å². The largest absolute Gasteiger partial charge is 0.486 e. The SMILES string of the molecule is CCn1nc(C)c(NC(=O)CN2CCC3(CCC2=O)CC(=O)c2ccccc2O3)c1C. The number of Topliss-reactive ketones (excluding diaryl/α,β-unsaturated/α-hetero) is 1. The molecule has 1 unspecified atom stereocenters. The lowest BCUT2D eigenvalue weighted by Gasteiger charge is -2.37. The second-order valence-corrected chi connectivity index (χ2v) is 8.36. The summed E-state index contributed by atoms with van der Waals surface area (Å²) in [6, 6.07) is 7.23. The number of hydrogen-bond acceptors (Lipinski definition) is 5. The maximum absolute atomic E-state index is 12.7. The van der Waals surface area contributed by atoms with Gasteiger partial charge in [-0.1, -0.05) is 12.1 Å². The van der Waals surface area contributed by atoms with Crippen LogP contribution in [0.25, 0.3) is 0 Å².